The first-order chi connectivity index (χ1) is 10.1. The minimum atomic E-state index is 0.0227. The fraction of sp³-hybridized carbons (Fsp3) is 0.562. The number of hydrogen-bond donors (Lipinski definition) is 0. The van der Waals surface area contributed by atoms with Gasteiger partial charge >= 0.3 is 0 Å². The topological polar surface area (TPSA) is 38.8 Å². The van der Waals surface area contributed by atoms with E-state index in [0.29, 0.717) is 12.3 Å². The van der Waals surface area contributed by atoms with Crippen LogP contribution in [0.4, 0.5) is 0 Å². The molecule has 0 radical (unpaired) electrons. The van der Waals surface area contributed by atoms with Crippen molar-refractivity contribution in [2.24, 2.45) is 5.92 Å². The molecule has 1 aliphatic heterocycles. The van der Waals surface area contributed by atoms with E-state index in [1.54, 1.807) is 26.0 Å². The highest BCUT2D eigenvalue weighted by molar-refractivity contribution is 7.99. The average Bonchev–Trinajstić information content (AvgIpc) is 2.48. The fourth-order valence-electron chi connectivity index (χ4n) is 2.49. The molecular formula is C16H23NO3S. The van der Waals surface area contributed by atoms with E-state index in [0.717, 1.165) is 29.4 Å². The van der Waals surface area contributed by atoms with Crippen molar-refractivity contribution < 1.29 is 14.3 Å². The van der Waals surface area contributed by atoms with Crippen LogP contribution in [-0.4, -0.2) is 37.3 Å². The summed E-state index contributed by atoms with van der Waals surface area (Å²) in [5, 5.41) is 0.0227. The van der Waals surface area contributed by atoms with Crippen molar-refractivity contribution in [1.82, 2.24) is 4.90 Å². The summed E-state index contributed by atoms with van der Waals surface area (Å²) in [7, 11) is 3.29. The van der Waals surface area contributed by atoms with Crippen molar-refractivity contribution >= 4 is 17.7 Å². The Balaban J connectivity index is 2.34. The molecule has 4 nitrogen and oxygen atoms in total. The van der Waals surface area contributed by atoms with Crippen LogP contribution in [0, 0.1) is 5.92 Å². The summed E-state index contributed by atoms with van der Waals surface area (Å²) in [6, 6.07) is 5.80. The van der Waals surface area contributed by atoms with E-state index >= 15 is 0 Å². The molecule has 1 amide bonds. The van der Waals surface area contributed by atoms with Crippen molar-refractivity contribution in [3.8, 4) is 11.5 Å². The number of methoxy groups -OCH3 is 2. The molecule has 0 bridgehead atoms. The molecule has 1 atom stereocenters. The van der Waals surface area contributed by atoms with Crippen LogP contribution in [0.25, 0.3) is 0 Å². The molecule has 0 saturated carbocycles. The SMILES string of the molecule is COc1ccc(C2SCCC(=O)N2CC(C)C)c(OC)c1. The maximum atomic E-state index is 12.3. The third-order valence-electron chi connectivity index (χ3n) is 3.46. The van der Waals surface area contributed by atoms with Crippen LogP contribution in [0.3, 0.4) is 0 Å². The minimum Gasteiger partial charge on any atom is -0.497 e. The van der Waals surface area contributed by atoms with Crippen molar-refractivity contribution in [1.29, 1.82) is 0 Å². The average molecular weight is 309 g/mol. The second kappa shape index (κ2) is 7.07. The van der Waals surface area contributed by atoms with Crippen LogP contribution in [0.1, 0.15) is 31.2 Å². The van der Waals surface area contributed by atoms with E-state index in [9.17, 15) is 4.79 Å². The minimum absolute atomic E-state index is 0.0227. The Bertz CT molecular complexity index is 504. The number of amides is 1. The molecule has 1 aliphatic rings. The lowest BCUT2D eigenvalue weighted by atomic mass is 10.1. The molecular weight excluding hydrogens is 286 g/mol. The monoisotopic (exact) mass is 309 g/mol. The Hall–Kier alpha value is -1.36. The van der Waals surface area contributed by atoms with Crippen LogP contribution in [-0.2, 0) is 4.79 Å². The predicted octanol–water partition coefficient (Wildman–Crippen LogP) is 3.32. The van der Waals surface area contributed by atoms with E-state index in [-0.39, 0.29) is 11.3 Å². The first-order valence-electron chi connectivity index (χ1n) is 7.19. The lowest BCUT2D eigenvalue weighted by Gasteiger charge is -2.37. The smallest absolute Gasteiger partial charge is 0.224 e. The number of ether oxygens (including phenoxy) is 2. The Morgan fingerprint density at radius 1 is 1.33 bits per heavy atom. The molecule has 1 aromatic rings. The van der Waals surface area contributed by atoms with Gasteiger partial charge in [0.2, 0.25) is 5.91 Å². The van der Waals surface area contributed by atoms with Crippen LogP contribution in [0.5, 0.6) is 11.5 Å². The highest BCUT2D eigenvalue weighted by Crippen LogP contribution is 2.42. The highest BCUT2D eigenvalue weighted by atomic mass is 32.2. The third kappa shape index (κ3) is 3.64. The van der Waals surface area contributed by atoms with Crippen molar-refractivity contribution in [3.05, 3.63) is 23.8 Å². The van der Waals surface area contributed by atoms with Crippen LogP contribution in [0.15, 0.2) is 18.2 Å². The normalized spacial score (nSPS) is 19.0. The number of nitrogens with zero attached hydrogens (tertiary/aromatic N) is 1. The second-order valence-electron chi connectivity index (χ2n) is 5.52. The van der Waals surface area contributed by atoms with Gasteiger partial charge in [-0.15, -0.1) is 11.8 Å². The van der Waals surface area contributed by atoms with Crippen molar-refractivity contribution in [2.45, 2.75) is 25.6 Å². The summed E-state index contributed by atoms with van der Waals surface area (Å²) in [5.41, 5.74) is 1.04. The van der Waals surface area contributed by atoms with E-state index in [1.165, 1.54) is 0 Å². The van der Waals surface area contributed by atoms with Gasteiger partial charge in [-0.1, -0.05) is 13.8 Å². The van der Waals surface area contributed by atoms with Crippen molar-refractivity contribution in [3.63, 3.8) is 0 Å². The van der Waals surface area contributed by atoms with Crippen LogP contribution in [0.2, 0.25) is 0 Å². The Morgan fingerprint density at radius 2 is 2.10 bits per heavy atom. The molecule has 21 heavy (non-hydrogen) atoms. The molecule has 0 aromatic heterocycles. The number of carbonyl (C=O) groups is 1. The zero-order valence-corrected chi connectivity index (χ0v) is 13.9. The van der Waals surface area contributed by atoms with E-state index in [1.807, 2.05) is 23.1 Å². The molecule has 1 heterocycles. The van der Waals surface area contributed by atoms with E-state index < -0.39 is 0 Å². The maximum absolute atomic E-state index is 12.3. The lowest BCUT2D eigenvalue weighted by Crippen LogP contribution is -2.39. The van der Waals surface area contributed by atoms with Gasteiger partial charge in [0.25, 0.3) is 0 Å². The standard InChI is InChI=1S/C16H23NO3S/c1-11(2)10-17-15(18)7-8-21-16(17)13-6-5-12(19-3)9-14(13)20-4/h5-6,9,11,16H,7-8,10H2,1-4H3. The Morgan fingerprint density at radius 3 is 2.71 bits per heavy atom. The van der Waals surface area contributed by atoms with Crippen molar-refractivity contribution in [2.75, 3.05) is 26.5 Å². The number of benzene rings is 1. The Kier molecular flexibility index (Phi) is 5.39. The molecule has 0 aliphatic carbocycles. The van der Waals surface area contributed by atoms with Gasteiger partial charge in [-0.3, -0.25) is 4.79 Å². The van der Waals surface area contributed by atoms with Crippen LogP contribution >= 0.6 is 11.8 Å². The maximum Gasteiger partial charge on any atom is 0.224 e. The van der Waals surface area contributed by atoms with Gasteiger partial charge in [-0.25, -0.2) is 0 Å². The number of hydrogen-bond acceptors (Lipinski definition) is 4. The Labute approximate surface area is 130 Å². The molecule has 1 fully saturated rings. The molecule has 1 aromatic carbocycles. The molecule has 1 unspecified atom stereocenters. The molecule has 0 spiro atoms. The molecule has 2 rings (SSSR count). The lowest BCUT2D eigenvalue weighted by molar-refractivity contribution is -0.132. The quantitative estimate of drug-likeness (QED) is 0.836. The first kappa shape index (κ1) is 16.0. The second-order valence-corrected chi connectivity index (χ2v) is 6.71. The highest BCUT2D eigenvalue weighted by Gasteiger charge is 2.32. The zero-order chi connectivity index (χ0) is 15.4. The molecule has 116 valence electrons. The summed E-state index contributed by atoms with van der Waals surface area (Å²) in [6.07, 6.45) is 0.617. The van der Waals surface area contributed by atoms with Gasteiger partial charge in [0.15, 0.2) is 0 Å². The third-order valence-corrected chi connectivity index (χ3v) is 4.73. The summed E-state index contributed by atoms with van der Waals surface area (Å²) in [5.74, 6) is 3.06. The van der Waals surface area contributed by atoms with Gasteiger partial charge in [-0.2, -0.15) is 0 Å². The number of rotatable bonds is 5. The summed E-state index contributed by atoms with van der Waals surface area (Å²) in [4.78, 5) is 14.3. The summed E-state index contributed by atoms with van der Waals surface area (Å²) >= 11 is 1.80. The molecule has 5 heteroatoms. The van der Waals surface area contributed by atoms with Gasteiger partial charge in [0.1, 0.15) is 16.9 Å². The van der Waals surface area contributed by atoms with Gasteiger partial charge < -0.3 is 14.4 Å². The van der Waals surface area contributed by atoms with Gasteiger partial charge in [-0.05, 0) is 18.1 Å². The number of carbonyl (C=O) groups excluding carboxylic acids is 1. The predicted molar refractivity (Wildman–Crippen MR) is 85.9 cm³/mol. The summed E-state index contributed by atoms with van der Waals surface area (Å²) < 4.78 is 10.7. The zero-order valence-electron chi connectivity index (χ0n) is 13.1. The first-order valence-corrected chi connectivity index (χ1v) is 8.24. The van der Waals surface area contributed by atoms with E-state index in [2.05, 4.69) is 13.8 Å². The number of thioether (sulfide) groups is 1. The molecule has 1 saturated heterocycles. The van der Waals surface area contributed by atoms with E-state index in [4.69, 9.17) is 9.47 Å². The van der Waals surface area contributed by atoms with Crippen LogP contribution < -0.4 is 9.47 Å². The van der Waals surface area contributed by atoms with Gasteiger partial charge in [0, 0.05) is 30.3 Å². The van der Waals surface area contributed by atoms with Gasteiger partial charge in [0.05, 0.1) is 14.2 Å². The summed E-state index contributed by atoms with van der Waals surface area (Å²) in [6.45, 7) is 5.04. The largest absolute Gasteiger partial charge is 0.497 e. The fourth-order valence-corrected chi connectivity index (χ4v) is 3.77. The molecule has 0 N–H and O–H groups in total.